The van der Waals surface area contributed by atoms with Crippen LogP contribution in [0.4, 0.5) is 5.69 Å². The monoisotopic (exact) mass is 328 g/mol. The van der Waals surface area contributed by atoms with Gasteiger partial charge >= 0.3 is 0 Å². The lowest BCUT2D eigenvalue weighted by atomic mass is 10.1. The van der Waals surface area contributed by atoms with E-state index in [1.807, 2.05) is 30.3 Å². The van der Waals surface area contributed by atoms with Crippen LogP contribution in [0.1, 0.15) is 11.1 Å². The molecule has 0 aromatic heterocycles. The summed E-state index contributed by atoms with van der Waals surface area (Å²) in [5, 5.41) is 26.3. The minimum absolute atomic E-state index is 0.154. The van der Waals surface area contributed by atoms with Crippen molar-refractivity contribution < 1.29 is 19.6 Å². The number of carbonyl (C=O) groups excluding carboxylic acids is 1. The molecule has 0 aliphatic rings. The van der Waals surface area contributed by atoms with Crippen LogP contribution >= 0.6 is 0 Å². The summed E-state index contributed by atoms with van der Waals surface area (Å²) in [6.45, 7) is 0. The molecule has 0 radical (unpaired) electrons. The number of rotatable bonds is 6. The highest BCUT2D eigenvalue weighted by Crippen LogP contribution is 2.33. The third-order valence-electron chi connectivity index (χ3n) is 3.08. The van der Waals surface area contributed by atoms with E-state index in [-0.39, 0.29) is 23.6 Å². The summed E-state index contributed by atoms with van der Waals surface area (Å²) in [5.74, 6) is -1.31. The Labute approximate surface area is 137 Å². The molecule has 0 aliphatic carbocycles. The van der Waals surface area contributed by atoms with Gasteiger partial charge in [0.15, 0.2) is 0 Å². The van der Waals surface area contributed by atoms with Crippen molar-refractivity contribution in [3.63, 3.8) is 0 Å². The number of nitrogens with one attached hydrogen (secondary N) is 1. The highest BCUT2D eigenvalue weighted by molar-refractivity contribution is 5.85. The van der Waals surface area contributed by atoms with E-state index < -0.39 is 16.4 Å². The van der Waals surface area contributed by atoms with E-state index in [9.17, 15) is 20.0 Å². The summed E-state index contributed by atoms with van der Waals surface area (Å²) >= 11 is 0. The minimum atomic E-state index is -0.812. The van der Waals surface area contributed by atoms with E-state index in [0.29, 0.717) is 0 Å². The first kappa shape index (κ1) is 16.9. The summed E-state index contributed by atoms with van der Waals surface area (Å²) < 4.78 is 4.82. The van der Waals surface area contributed by atoms with Crippen LogP contribution in [0, 0.1) is 10.1 Å². The number of nitro groups is 1. The molecule has 1 N–H and O–H groups in total. The van der Waals surface area contributed by atoms with Gasteiger partial charge in [-0.15, -0.1) is 0 Å². The van der Waals surface area contributed by atoms with Crippen molar-refractivity contribution in [2.24, 2.45) is 5.10 Å². The molecule has 124 valence electrons. The highest BCUT2D eigenvalue weighted by atomic mass is 16.6. The third-order valence-corrected chi connectivity index (χ3v) is 3.08. The van der Waals surface area contributed by atoms with Crippen LogP contribution in [-0.2, 0) is 11.2 Å². The summed E-state index contributed by atoms with van der Waals surface area (Å²) in [6.07, 6.45) is 1.36. The fourth-order valence-corrected chi connectivity index (χ4v) is 1.97. The lowest BCUT2D eigenvalue weighted by Crippen LogP contribution is -2.19. The number of nitro benzene ring substituents is 1. The van der Waals surface area contributed by atoms with Crippen LogP contribution in [0.15, 0.2) is 47.6 Å². The van der Waals surface area contributed by atoms with Crippen molar-refractivity contribution >= 4 is 17.8 Å². The zero-order valence-corrected chi connectivity index (χ0v) is 12.8. The average Bonchev–Trinajstić information content (AvgIpc) is 2.56. The largest absolute Gasteiger partial charge is 0.865 e. The standard InChI is InChI=1S/C16H15N3O5/c1-24-14-8-12(7-13(16(14)21)19(22)23)10-17-18-15(20)9-11-5-3-2-4-6-11/h2-8,10,21H,9H2,1H3,(H,18,20)/p-1/b17-10-. The third kappa shape index (κ3) is 4.29. The summed E-state index contributed by atoms with van der Waals surface area (Å²) in [7, 11) is 1.24. The molecule has 0 saturated heterocycles. The van der Waals surface area contributed by atoms with Gasteiger partial charge in [-0.1, -0.05) is 30.3 Å². The Hall–Kier alpha value is -3.42. The second kappa shape index (κ2) is 7.73. The fraction of sp³-hybridized carbons (Fsp3) is 0.125. The van der Waals surface area contributed by atoms with E-state index in [1.54, 1.807) is 0 Å². The molecule has 8 heteroatoms. The Morgan fingerprint density at radius 2 is 2.04 bits per heavy atom. The molecule has 24 heavy (non-hydrogen) atoms. The Kier molecular flexibility index (Phi) is 5.45. The molecule has 0 spiro atoms. The van der Waals surface area contributed by atoms with Gasteiger partial charge in [0, 0.05) is 17.4 Å². The SMILES string of the molecule is COc1cc(/C=N\NC(=O)Cc2ccccc2)cc([N+](=O)[O-])c1[O-]. The van der Waals surface area contributed by atoms with Gasteiger partial charge in [-0.05, 0) is 11.6 Å². The zero-order chi connectivity index (χ0) is 17.5. The molecule has 0 atom stereocenters. The molecular weight excluding hydrogens is 314 g/mol. The molecule has 0 saturated carbocycles. The molecule has 0 heterocycles. The molecule has 2 rings (SSSR count). The number of methoxy groups -OCH3 is 1. The van der Waals surface area contributed by atoms with Gasteiger partial charge in [0.05, 0.1) is 24.7 Å². The number of benzene rings is 2. The Bertz CT molecular complexity index is 775. The molecule has 0 unspecified atom stereocenters. The van der Waals surface area contributed by atoms with E-state index in [0.717, 1.165) is 11.6 Å². The van der Waals surface area contributed by atoms with Crippen LogP contribution in [0.2, 0.25) is 0 Å². The Morgan fingerprint density at radius 3 is 2.67 bits per heavy atom. The predicted octanol–water partition coefficient (Wildman–Crippen LogP) is 1.37. The topological polar surface area (TPSA) is 117 Å². The van der Waals surface area contributed by atoms with Gasteiger partial charge in [0.1, 0.15) is 5.75 Å². The molecule has 1 amide bonds. The molecule has 0 fully saturated rings. The lowest BCUT2D eigenvalue weighted by molar-refractivity contribution is -0.398. The number of amides is 1. The number of hydrogen-bond donors (Lipinski definition) is 1. The van der Waals surface area contributed by atoms with Crippen LogP contribution in [0.25, 0.3) is 0 Å². The Balaban J connectivity index is 2.07. The number of ether oxygens (including phenoxy) is 1. The normalized spacial score (nSPS) is 10.5. The molecule has 0 bridgehead atoms. The molecular formula is C16H14N3O5-. The quantitative estimate of drug-likeness (QED) is 0.488. The van der Waals surface area contributed by atoms with Gasteiger partial charge < -0.3 is 9.84 Å². The number of hydrazone groups is 1. The van der Waals surface area contributed by atoms with E-state index in [1.165, 1.54) is 19.4 Å². The smallest absolute Gasteiger partial charge is 0.266 e. The molecule has 2 aromatic carbocycles. The van der Waals surface area contributed by atoms with Crippen LogP contribution in [-0.4, -0.2) is 24.2 Å². The first-order valence-electron chi connectivity index (χ1n) is 6.90. The molecule has 2 aromatic rings. The van der Waals surface area contributed by atoms with Gasteiger partial charge in [0.25, 0.3) is 5.69 Å². The van der Waals surface area contributed by atoms with Crippen molar-refractivity contribution in [3.8, 4) is 11.5 Å². The lowest BCUT2D eigenvalue weighted by Gasteiger charge is -2.12. The van der Waals surface area contributed by atoms with E-state index >= 15 is 0 Å². The summed E-state index contributed by atoms with van der Waals surface area (Å²) in [4.78, 5) is 21.8. The molecule has 0 aliphatic heterocycles. The van der Waals surface area contributed by atoms with Crippen molar-refractivity contribution in [2.75, 3.05) is 7.11 Å². The van der Waals surface area contributed by atoms with Crippen molar-refractivity contribution in [1.29, 1.82) is 0 Å². The van der Waals surface area contributed by atoms with E-state index in [2.05, 4.69) is 10.5 Å². The first-order chi connectivity index (χ1) is 11.5. The highest BCUT2D eigenvalue weighted by Gasteiger charge is 2.12. The average molecular weight is 328 g/mol. The van der Waals surface area contributed by atoms with Crippen molar-refractivity contribution in [2.45, 2.75) is 6.42 Å². The number of carbonyl (C=O) groups is 1. The van der Waals surface area contributed by atoms with Crippen LogP contribution in [0.3, 0.4) is 0 Å². The predicted molar refractivity (Wildman–Crippen MR) is 85.0 cm³/mol. The van der Waals surface area contributed by atoms with Crippen LogP contribution in [0.5, 0.6) is 11.5 Å². The van der Waals surface area contributed by atoms with Gasteiger partial charge in [-0.2, -0.15) is 5.10 Å². The van der Waals surface area contributed by atoms with Gasteiger partial charge in [-0.25, -0.2) is 5.43 Å². The summed E-state index contributed by atoms with van der Waals surface area (Å²) in [6, 6.07) is 11.5. The van der Waals surface area contributed by atoms with E-state index in [4.69, 9.17) is 4.74 Å². The second-order valence-electron chi connectivity index (χ2n) is 4.78. The maximum absolute atomic E-state index is 11.7. The fourth-order valence-electron chi connectivity index (χ4n) is 1.97. The zero-order valence-electron chi connectivity index (χ0n) is 12.8. The minimum Gasteiger partial charge on any atom is -0.865 e. The van der Waals surface area contributed by atoms with Gasteiger partial charge in [-0.3, -0.25) is 14.9 Å². The summed E-state index contributed by atoms with van der Waals surface area (Å²) in [5.41, 5.74) is 2.80. The maximum Gasteiger partial charge on any atom is 0.266 e. The van der Waals surface area contributed by atoms with Crippen molar-refractivity contribution in [1.82, 2.24) is 5.43 Å². The number of hydrogen-bond acceptors (Lipinski definition) is 6. The Morgan fingerprint density at radius 1 is 1.33 bits per heavy atom. The maximum atomic E-state index is 11.7. The second-order valence-corrected chi connectivity index (χ2v) is 4.78. The number of nitrogens with zero attached hydrogens (tertiary/aromatic N) is 2. The molecule has 8 nitrogen and oxygen atoms in total. The van der Waals surface area contributed by atoms with Crippen molar-refractivity contribution in [3.05, 3.63) is 63.7 Å². The van der Waals surface area contributed by atoms with Gasteiger partial charge in [0.2, 0.25) is 5.91 Å². The van der Waals surface area contributed by atoms with Crippen LogP contribution < -0.4 is 15.3 Å². The first-order valence-corrected chi connectivity index (χ1v) is 6.90.